The third-order valence-electron chi connectivity index (χ3n) is 5.71. The molecule has 0 aromatic heterocycles. The van der Waals surface area contributed by atoms with Gasteiger partial charge in [0.25, 0.3) is 0 Å². The van der Waals surface area contributed by atoms with Gasteiger partial charge in [-0.15, -0.1) is 0 Å². The summed E-state index contributed by atoms with van der Waals surface area (Å²) in [5.41, 5.74) is -0.0157. The van der Waals surface area contributed by atoms with Crippen LogP contribution in [0.2, 0.25) is 0 Å². The molecular formula is C18H33N3O3. The summed E-state index contributed by atoms with van der Waals surface area (Å²) in [5.74, 6) is 0. The topological polar surface area (TPSA) is 45.3 Å². The molecule has 2 amide bonds. The maximum Gasteiger partial charge on any atom is 0.320 e. The Morgan fingerprint density at radius 1 is 1.21 bits per heavy atom. The number of likely N-dealkylation sites (N-methyl/N-ethyl adjacent to an activating group) is 1. The van der Waals surface area contributed by atoms with Gasteiger partial charge >= 0.3 is 6.03 Å². The molecule has 3 heterocycles. The zero-order valence-electron chi connectivity index (χ0n) is 15.3. The Hall–Kier alpha value is -0.850. The van der Waals surface area contributed by atoms with E-state index in [4.69, 9.17) is 9.47 Å². The van der Waals surface area contributed by atoms with E-state index in [-0.39, 0.29) is 17.6 Å². The maximum atomic E-state index is 12.8. The molecule has 6 nitrogen and oxygen atoms in total. The molecule has 0 spiro atoms. The summed E-state index contributed by atoms with van der Waals surface area (Å²) in [4.78, 5) is 19.0. The predicted octanol–water partition coefficient (Wildman–Crippen LogP) is 1.65. The third kappa shape index (κ3) is 4.03. The molecule has 6 heteroatoms. The van der Waals surface area contributed by atoms with Crippen LogP contribution in [-0.2, 0) is 9.47 Å². The average molecular weight is 339 g/mol. The number of urea groups is 1. The molecule has 3 saturated heterocycles. The summed E-state index contributed by atoms with van der Waals surface area (Å²) >= 11 is 0. The minimum Gasteiger partial charge on any atom is -0.379 e. The van der Waals surface area contributed by atoms with Crippen molar-refractivity contribution in [3.63, 3.8) is 0 Å². The molecule has 0 unspecified atom stereocenters. The lowest BCUT2D eigenvalue weighted by Crippen LogP contribution is -2.59. The summed E-state index contributed by atoms with van der Waals surface area (Å²) in [6.45, 7) is 6.66. The fraction of sp³-hybridized carbons (Fsp3) is 0.944. The Morgan fingerprint density at radius 2 is 2.00 bits per heavy atom. The van der Waals surface area contributed by atoms with Crippen LogP contribution < -0.4 is 0 Å². The molecule has 3 aliphatic heterocycles. The normalized spacial score (nSPS) is 30.7. The van der Waals surface area contributed by atoms with Gasteiger partial charge in [0.05, 0.1) is 19.3 Å². The Kier molecular flexibility index (Phi) is 6.00. The number of nitrogens with zero attached hydrogens (tertiary/aromatic N) is 3. The number of hydrogen-bond acceptors (Lipinski definition) is 4. The van der Waals surface area contributed by atoms with Crippen LogP contribution in [0.5, 0.6) is 0 Å². The van der Waals surface area contributed by atoms with Crippen LogP contribution >= 0.6 is 0 Å². The number of ether oxygens (including phenoxy) is 2. The fourth-order valence-corrected chi connectivity index (χ4v) is 4.30. The highest BCUT2D eigenvalue weighted by molar-refractivity contribution is 5.75. The molecule has 24 heavy (non-hydrogen) atoms. The number of piperidine rings is 1. The summed E-state index contributed by atoms with van der Waals surface area (Å²) < 4.78 is 12.1. The lowest BCUT2D eigenvalue weighted by Gasteiger charge is -2.50. The first-order valence-corrected chi connectivity index (χ1v) is 9.49. The van der Waals surface area contributed by atoms with E-state index in [0.717, 1.165) is 78.0 Å². The molecule has 2 atom stereocenters. The van der Waals surface area contributed by atoms with Crippen LogP contribution in [0.1, 0.15) is 32.1 Å². The Balaban J connectivity index is 1.61. The van der Waals surface area contributed by atoms with Gasteiger partial charge in [-0.2, -0.15) is 0 Å². The standard InChI is InChI=1S/C18H33N3O3/c1-19(2)11-13-23-15-18-7-5-12-24-16(18)6-10-21(14-18)17(22)20-8-3-4-9-20/h16H,3-15H2,1-2H3/t16-,18+/m1/s1. The quantitative estimate of drug-likeness (QED) is 0.715. The van der Waals surface area contributed by atoms with Crippen LogP contribution in [-0.4, -0.2) is 93.5 Å². The van der Waals surface area contributed by atoms with Crippen LogP contribution in [0.4, 0.5) is 4.79 Å². The molecule has 0 aromatic carbocycles. The van der Waals surface area contributed by atoms with Gasteiger partial charge in [-0.25, -0.2) is 4.79 Å². The second-order valence-corrected chi connectivity index (χ2v) is 7.87. The first-order chi connectivity index (χ1) is 11.6. The third-order valence-corrected chi connectivity index (χ3v) is 5.71. The van der Waals surface area contributed by atoms with Crippen LogP contribution in [0, 0.1) is 5.41 Å². The van der Waals surface area contributed by atoms with E-state index >= 15 is 0 Å². The molecule has 0 aliphatic carbocycles. The van der Waals surface area contributed by atoms with Gasteiger partial charge < -0.3 is 24.2 Å². The molecule has 0 saturated carbocycles. The summed E-state index contributed by atoms with van der Waals surface area (Å²) in [7, 11) is 4.12. The van der Waals surface area contributed by atoms with E-state index in [1.54, 1.807) is 0 Å². The van der Waals surface area contributed by atoms with Gasteiger partial charge in [-0.1, -0.05) is 0 Å². The van der Waals surface area contributed by atoms with Crippen LogP contribution in [0.15, 0.2) is 0 Å². The fourth-order valence-electron chi connectivity index (χ4n) is 4.30. The monoisotopic (exact) mass is 339 g/mol. The molecular weight excluding hydrogens is 306 g/mol. The van der Waals surface area contributed by atoms with Crippen molar-refractivity contribution in [2.75, 3.05) is 66.6 Å². The molecule has 0 N–H and O–H groups in total. The maximum absolute atomic E-state index is 12.8. The van der Waals surface area contributed by atoms with Crippen molar-refractivity contribution in [2.45, 2.75) is 38.2 Å². The lowest BCUT2D eigenvalue weighted by atomic mass is 9.73. The zero-order chi connectivity index (χ0) is 17.0. The Morgan fingerprint density at radius 3 is 2.75 bits per heavy atom. The van der Waals surface area contributed by atoms with Crippen LogP contribution in [0.3, 0.4) is 0 Å². The number of likely N-dealkylation sites (tertiary alicyclic amines) is 2. The van der Waals surface area contributed by atoms with Gasteiger partial charge in [0, 0.05) is 44.7 Å². The highest BCUT2D eigenvalue weighted by Gasteiger charge is 2.47. The molecule has 3 rings (SSSR count). The number of carbonyl (C=O) groups excluding carboxylic acids is 1. The highest BCUT2D eigenvalue weighted by atomic mass is 16.5. The molecule has 0 radical (unpaired) electrons. The number of fused-ring (bicyclic) bond motifs is 1. The molecule has 3 aliphatic rings. The van der Waals surface area contributed by atoms with Crippen LogP contribution in [0.25, 0.3) is 0 Å². The van der Waals surface area contributed by atoms with Gasteiger partial charge in [-0.3, -0.25) is 0 Å². The second kappa shape index (κ2) is 8.02. The van der Waals surface area contributed by atoms with E-state index in [9.17, 15) is 4.79 Å². The van der Waals surface area contributed by atoms with E-state index in [2.05, 4.69) is 23.9 Å². The minimum atomic E-state index is -0.0157. The first-order valence-electron chi connectivity index (χ1n) is 9.49. The summed E-state index contributed by atoms with van der Waals surface area (Å²) in [6, 6.07) is 0.226. The summed E-state index contributed by atoms with van der Waals surface area (Å²) in [5, 5.41) is 0. The lowest BCUT2D eigenvalue weighted by molar-refractivity contribution is -0.147. The van der Waals surface area contributed by atoms with Crippen molar-refractivity contribution >= 4 is 6.03 Å². The Labute approximate surface area is 146 Å². The van der Waals surface area contributed by atoms with Gasteiger partial charge in [0.15, 0.2) is 0 Å². The predicted molar refractivity (Wildman–Crippen MR) is 93.2 cm³/mol. The first kappa shape index (κ1) is 18.0. The van der Waals surface area contributed by atoms with Crippen molar-refractivity contribution in [1.29, 1.82) is 0 Å². The van der Waals surface area contributed by atoms with E-state index in [1.807, 2.05) is 4.90 Å². The number of hydrogen-bond donors (Lipinski definition) is 0. The number of amides is 2. The average Bonchev–Trinajstić information content (AvgIpc) is 3.12. The molecule has 0 bridgehead atoms. The van der Waals surface area contributed by atoms with Gasteiger partial charge in [0.1, 0.15) is 0 Å². The molecule has 0 aromatic rings. The highest BCUT2D eigenvalue weighted by Crippen LogP contribution is 2.40. The smallest absolute Gasteiger partial charge is 0.320 e. The molecule has 3 fully saturated rings. The zero-order valence-corrected chi connectivity index (χ0v) is 15.3. The van der Waals surface area contributed by atoms with Crippen molar-refractivity contribution < 1.29 is 14.3 Å². The SMILES string of the molecule is CN(C)CCOC[C@@]12CCCO[C@@H]1CCN(C(=O)N1CCCC1)C2. The van der Waals surface area contributed by atoms with Gasteiger partial charge in [0.2, 0.25) is 0 Å². The van der Waals surface area contributed by atoms with E-state index in [1.165, 1.54) is 0 Å². The van der Waals surface area contributed by atoms with Gasteiger partial charge in [-0.05, 0) is 46.2 Å². The largest absolute Gasteiger partial charge is 0.379 e. The summed E-state index contributed by atoms with van der Waals surface area (Å²) in [6.07, 6.45) is 5.64. The number of carbonyl (C=O) groups is 1. The number of rotatable bonds is 5. The van der Waals surface area contributed by atoms with Crippen molar-refractivity contribution in [3.8, 4) is 0 Å². The van der Waals surface area contributed by atoms with Crippen molar-refractivity contribution in [1.82, 2.24) is 14.7 Å². The van der Waals surface area contributed by atoms with Crippen molar-refractivity contribution in [2.24, 2.45) is 5.41 Å². The van der Waals surface area contributed by atoms with Crippen molar-refractivity contribution in [3.05, 3.63) is 0 Å². The second-order valence-electron chi connectivity index (χ2n) is 7.87. The Bertz CT molecular complexity index is 426. The molecule has 138 valence electrons. The van der Waals surface area contributed by atoms with E-state index < -0.39 is 0 Å². The minimum absolute atomic E-state index is 0.0157. The van der Waals surface area contributed by atoms with E-state index in [0.29, 0.717) is 6.61 Å².